The van der Waals surface area contributed by atoms with E-state index in [0.29, 0.717) is 5.92 Å². The normalized spacial score (nSPS) is 17.8. The van der Waals surface area contributed by atoms with E-state index >= 15 is 0 Å². The minimum atomic E-state index is 0.533. The van der Waals surface area contributed by atoms with Gasteiger partial charge in [-0.25, -0.2) is 9.97 Å². The molecule has 1 aliphatic heterocycles. The summed E-state index contributed by atoms with van der Waals surface area (Å²) >= 11 is 0. The summed E-state index contributed by atoms with van der Waals surface area (Å²) in [6, 6.07) is 8.17. The van der Waals surface area contributed by atoms with Crippen molar-refractivity contribution in [3.05, 3.63) is 36.3 Å². The van der Waals surface area contributed by atoms with Crippen LogP contribution in [0.4, 0.5) is 0 Å². The van der Waals surface area contributed by atoms with E-state index in [0.717, 1.165) is 42.7 Å². The summed E-state index contributed by atoms with van der Waals surface area (Å²) < 4.78 is 0. The zero-order valence-corrected chi connectivity index (χ0v) is 9.19. The Labute approximate surface area is 94.9 Å². The van der Waals surface area contributed by atoms with Crippen LogP contribution in [0.25, 0.3) is 10.9 Å². The lowest BCUT2D eigenvalue weighted by atomic mass is 9.97. The highest BCUT2D eigenvalue weighted by Gasteiger charge is 2.17. The molecule has 1 saturated heterocycles. The minimum absolute atomic E-state index is 0.533. The molecule has 1 N–H and O–H groups in total. The lowest BCUT2D eigenvalue weighted by Gasteiger charge is -2.21. The van der Waals surface area contributed by atoms with Crippen molar-refractivity contribution in [3.8, 4) is 0 Å². The molecule has 3 heteroatoms. The lowest BCUT2D eigenvalue weighted by Crippen LogP contribution is -2.27. The van der Waals surface area contributed by atoms with Gasteiger partial charge in [0, 0.05) is 17.5 Å². The lowest BCUT2D eigenvalue weighted by molar-refractivity contribution is 0.446. The van der Waals surface area contributed by atoms with Crippen molar-refractivity contribution in [1.29, 1.82) is 0 Å². The summed E-state index contributed by atoms with van der Waals surface area (Å²) in [5.74, 6) is 1.55. The molecule has 2 heterocycles. The highest BCUT2D eigenvalue weighted by atomic mass is 14.9. The molecule has 2 aromatic rings. The third kappa shape index (κ3) is 1.78. The monoisotopic (exact) mass is 213 g/mol. The highest BCUT2D eigenvalue weighted by Crippen LogP contribution is 2.23. The first-order chi connectivity index (χ1) is 7.93. The molecule has 0 spiro atoms. The maximum atomic E-state index is 4.66. The Hall–Kier alpha value is -1.48. The predicted molar refractivity (Wildman–Crippen MR) is 64.4 cm³/mol. The first-order valence-corrected chi connectivity index (χ1v) is 5.86. The van der Waals surface area contributed by atoms with E-state index in [2.05, 4.69) is 27.4 Å². The number of nitrogens with zero attached hydrogens (tertiary/aromatic N) is 2. The van der Waals surface area contributed by atoms with Crippen LogP contribution >= 0.6 is 0 Å². The van der Waals surface area contributed by atoms with E-state index in [4.69, 9.17) is 0 Å². The van der Waals surface area contributed by atoms with Crippen molar-refractivity contribution in [2.24, 2.45) is 0 Å². The van der Waals surface area contributed by atoms with Crippen molar-refractivity contribution in [1.82, 2.24) is 15.3 Å². The Kier molecular flexibility index (Phi) is 2.54. The summed E-state index contributed by atoms with van der Waals surface area (Å²) in [5.41, 5.74) is 1.06. The first-order valence-electron chi connectivity index (χ1n) is 5.86. The maximum absolute atomic E-state index is 4.66. The zero-order valence-electron chi connectivity index (χ0n) is 9.19. The van der Waals surface area contributed by atoms with Gasteiger partial charge in [-0.3, -0.25) is 0 Å². The van der Waals surface area contributed by atoms with Gasteiger partial charge in [0.1, 0.15) is 5.82 Å². The van der Waals surface area contributed by atoms with Crippen LogP contribution in [0.1, 0.15) is 24.6 Å². The molecule has 16 heavy (non-hydrogen) atoms. The van der Waals surface area contributed by atoms with Gasteiger partial charge in [0.05, 0.1) is 5.52 Å². The van der Waals surface area contributed by atoms with Crippen LogP contribution in [0, 0.1) is 0 Å². The molecule has 0 atom stereocenters. The van der Waals surface area contributed by atoms with Gasteiger partial charge < -0.3 is 5.32 Å². The van der Waals surface area contributed by atoms with Crippen molar-refractivity contribution in [2.75, 3.05) is 13.1 Å². The van der Waals surface area contributed by atoms with E-state index in [-0.39, 0.29) is 0 Å². The summed E-state index contributed by atoms with van der Waals surface area (Å²) in [7, 11) is 0. The van der Waals surface area contributed by atoms with Crippen LogP contribution in [-0.4, -0.2) is 23.1 Å². The Bertz CT molecular complexity index is 489. The molecule has 0 aliphatic carbocycles. The van der Waals surface area contributed by atoms with E-state index in [1.165, 1.54) is 0 Å². The molecule has 82 valence electrons. The number of para-hydroxylation sites is 1. The molecule has 3 nitrogen and oxygen atoms in total. The molecule has 1 aliphatic rings. The molecular weight excluding hydrogens is 198 g/mol. The number of piperidine rings is 1. The topological polar surface area (TPSA) is 37.8 Å². The largest absolute Gasteiger partial charge is 0.317 e. The van der Waals surface area contributed by atoms with Gasteiger partial charge in [-0.05, 0) is 32.0 Å². The van der Waals surface area contributed by atoms with Crippen LogP contribution in [0.15, 0.2) is 30.5 Å². The third-order valence-electron chi connectivity index (χ3n) is 3.21. The smallest absolute Gasteiger partial charge is 0.132 e. The van der Waals surface area contributed by atoms with Gasteiger partial charge in [0.15, 0.2) is 0 Å². The first kappa shape index (κ1) is 9.73. The van der Waals surface area contributed by atoms with Gasteiger partial charge in [0.25, 0.3) is 0 Å². The van der Waals surface area contributed by atoms with Crippen molar-refractivity contribution in [2.45, 2.75) is 18.8 Å². The van der Waals surface area contributed by atoms with Gasteiger partial charge in [-0.2, -0.15) is 0 Å². The fraction of sp³-hybridized carbons (Fsp3) is 0.385. The Morgan fingerprint density at radius 1 is 1.12 bits per heavy atom. The second kappa shape index (κ2) is 4.18. The Balaban J connectivity index is 1.97. The predicted octanol–water partition coefficient (Wildman–Crippen LogP) is 2.10. The number of aromatic nitrogens is 2. The van der Waals surface area contributed by atoms with Crippen LogP contribution in [0.5, 0.6) is 0 Å². The van der Waals surface area contributed by atoms with E-state index in [1.807, 2.05) is 18.3 Å². The molecular formula is C13H15N3. The van der Waals surface area contributed by atoms with Crippen LogP contribution in [0.3, 0.4) is 0 Å². The molecule has 0 radical (unpaired) electrons. The summed E-state index contributed by atoms with van der Waals surface area (Å²) in [4.78, 5) is 9.15. The molecule has 1 aromatic carbocycles. The number of nitrogens with one attached hydrogen (secondary N) is 1. The van der Waals surface area contributed by atoms with Crippen molar-refractivity contribution < 1.29 is 0 Å². The number of hydrogen-bond acceptors (Lipinski definition) is 3. The molecule has 0 amide bonds. The SMILES string of the molecule is c1ccc2nc(C3CCNCC3)ncc2c1. The van der Waals surface area contributed by atoms with Gasteiger partial charge in [-0.15, -0.1) is 0 Å². The summed E-state index contributed by atoms with van der Waals surface area (Å²) in [5, 5.41) is 4.49. The summed E-state index contributed by atoms with van der Waals surface area (Å²) in [6.07, 6.45) is 4.25. The minimum Gasteiger partial charge on any atom is -0.317 e. The number of fused-ring (bicyclic) bond motifs is 1. The Morgan fingerprint density at radius 3 is 2.81 bits per heavy atom. The van der Waals surface area contributed by atoms with E-state index < -0.39 is 0 Å². The van der Waals surface area contributed by atoms with Gasteiger partial charge in [-0.1, -0.05) is 18.2 Å². The summed E-state index contributed by atoms with van der Waals surface area (Å²) in [6.45, 7) is 2.17. The average Bonchev–Trinajstić information content (AvgIpc) is 2.39. The quantitative estimate of drug-likeness (QED) is 0.788. The zero-order chi connectivity index (χ0) is 10.8. The molecule has 0 saturated carbocycles. The fourth-order valence-electron chi connectivity index (χ4n) is 2.26. The number of rotatable bonds is 1. The molecule has 0 unspecified atom stereocenters. The fourth-order valence-corrected chi connectivity index (χ4v) is 2.26. The van der Waals surface area contributed by atoms with Crippen LogP contribution < -0.4 is 5.32 Å². The van der Waals surface area contributed by atoms with E-state index in [1.54, 1.807) is 0 Å². The Morgan fingerprint density at radius 2 is 1.94 bits per heavy atom. The standard InChI is InChI=1S/C13H15N3/c1-2-4-12-11(3-1)9-15-13(16-12)10-5-7-14-8-6-10/h1-4,9-10,14H,5-8H2. The maximum Gasteiger partial charge on any atom is 0.132 e. The second-order valence-corrected chi connectivity index (χ2v) is 4.31. The molecule has 3 rings (SSSR count). The van der Waals surface area contributed by atoms with Crippen LogP contribution in [0.2, 0.25) is 0 Å². The third-order valence-corrected chi connectivity index (χ3v) is 3.21. The molecule has 1 aromatic heterocycles. The van der Waals surface area contributed by atoms with E-state index in [9.17, 15) is 0 Å². The van der Waals surface area contributed by atoms with Gasteiger partial charge >= 0.3 is 0 Å². The number of hydrogen-bond donors (Lipinski definition) is 1. The average molecular weight is 213 g/mol. The molecule has 1 fully saturated rings. The molecule has 0 bridgehead atoms. The van der Waals surface area contributed by atoms with Crippen LogP contribution in [-0.2, 0) is 0 Å². The number of benzene rings is 1. The highest BCUT2D eigenvalue weighted by molar-refractivity contribution is 5.77. The van der Waals surface area contributed by atoms with Crippen molar-refractivity contribution >= 4 is 10.9 Å². The van der Waals surface area contributed by atoms with Crippen molar-refractivity contribution in [3.63, 3.8) is 0 Å². The van der Waals surface area contributed by atoms with Gasteiger partial charge in [0.2, 0.25) is 0 Å². The second-order valence-electron chi connectivity index (χ2n) is 4.31.